The van der Waals surface area contributed by atoms with Gasteiger partial charge in [-0.15, -0.1) is 0 Å². The third kappa shape index (κ3) is 14.2. The number of carbonyl (C=O) groups is 1. The standard InChI is InChI=1S/C39H55NO6S2/c1-5-23-42-27-29-44-30-28-43-26-22-40-37(41)31-33-18-20-36(21-19-33)48-47-32-45-24-12-13-25-46-39(38(2,3)4,34-14-8-6-9-15-34)35-16-10-7-11-17-35/h6-11,14-21H,5,12-13,22-32H2,1-4H3,(H,40,41). The van der Waals surface area contributed by atoms with Gasteiger partial charge in [-0.05, 0) is 53.5 Å². The van der Waals surface area contributed by atoms with Crippen molar-refractivity contribution < 1.29 is 28.5 Å². The number of benzene rings is 3. The highest BCUT2D eigenvalue weighted by Crippen LogP contribution is 2.48. The average molecular weight is 698 g/mol. The average Bonchev–Trinajstić information content (AvgIpc) is 3.09. The predicted octanol–water partition coefficient (Wildman–Crippen LogP) is 8.31. The number of rotatable bonds is 25. The quantitative estimate of drug-likeness (QED) is 0.0539. The molecule has 0 bridgehead atoms. The monoisotopic (exact) mass is 697 g/mol. The van der Waals surface area contributed by atoms with Gasteiger partial charge in [0.15, 0.2) is 0 Å². The van der Waals surface area contributed by atoms with E-state index in [-0.39, 0.29) is 11.3 Å². The minimum atomic E-state index is -0.545. The van der Waals surface area contributed by atoms with E-state index in [0.717, 1.165) is 36.3 Å². The summed E-state index contributed by atoms with van der Waals surface area (Å²) >= 11 is 0. The summed E-state index contributed by atoms with van der Waals surface area (Å²) in [4.78, 5) is 13.4. The molecule has 1 amide bonds. The molecule has 9 heteroatoms. The summed E-state index contributed by atoms with van der Waals surface area (Å²) in [6, 6.07) is 29.3. The van der Waals surface area contributed by atoms with Crippen LogP contribution in [0.15, 0.2) is 89.8 Å². The number of unbranched alkanes of at least 4 members (excludes halogenated alkanes) is 1. The lowest BCUT2D eigenvalue weighted by atomic mass is 9.68. The minimum absolute atomic E-state index is 0.0132. The molecule has 3 rings (SSSR count). The van der Waals surface area contributed by atoms with Gasteiger partial charge in [0.1, 0.15) is 11.5 Å². The SMILES string of the molecule is CCCOCCOCCOCCNC(=O)Cc1ccc(SSCOCCCCOC(c2ccccc2)(c2ccccc2)C(C)(C)C)cc1. The summed E-state index contributed by atoms with van der Waals surface area (Å²) in [5.74, 6) is 0.595. The number of carbonyl (C=O) groups excluding carboxylic acids is 1. The van der Waals surface area contributed by atoms with Gasteiger partial charge in [-0.25, -0.2) is 0 Å². The van der Waals surface area contributed by atoms with Crippen molar-refractivity contribution in [1.82, 2.24) is 5.32 Å². The van der Waals surface area contributed by atoms with Gasteiger partial charge in [-0.2, -0.15) is 0 Å². The van der Waals surface area contributed by atoms with E-state index >= 15 is 0 Å². The number of ether oxygens (including phenoxy) is 5. The van der Waals surface area contributed by atoms with Crippen LogP contribution in [0.1, 0.15) is 63.6 Å². The van der Waals surface area contributed by atoms with Gasteiger partial charge < -0.3 is 29.0 Å². The first-order chi connectivity index (χ1) is 23.4. The van der Waals surface area contributed by atoms with Crippen molar-refractivity contribution in [3.8, 4) is 0 Å². The van der Waals surface area contributed by atoms with Crippen molar-refractivity contribution in [3.63, 3.8) is 0 Å². The van der Waals surface area contributed by atoms with E-state index in [0.29, 0.717) is 65.2 Å². The number of amides is 1. The Hall–Kier alpha value is -2.37. The van der Waals surface area contributed by atoms with E-state index in [2.05, 4.69) is 106 Å². The lowest BCUT2D eigenvalue weighted by molar-refractivity contribution is -0.120. The van der Waals surface area contributed by atoms with Crippen LogP contribution in [-0.2, 0) is 40.5 Å². The molecular weight excluding hydrogens is 643 g/mol. The van der Waals surface area contributed by atoms with Crippen molar-refractivity contribution in [3.05, 3.63) is 102 Å². The molecule has 48 heavy (non-hydrogen) atoms. The highest BCUT2D eigenvalue weighted by Gasteiger charge is 2.46. The fourth-order valence-corrected chi connectivity index (χ4v) is 7.05. The van der Waals surface area contributed by atoms with E-state index < -0.39 is 5.60 Å². The third-order valence-electron chi connectivity index (χ3n) is 7.65. The molecule has 0 saturated heterocycles. The molecule has 0 saturated carbocycles. The van der Waals surface area contributed by atoms with Gasteiger partial charge in [0.25, 0.3) is 0 Å². The van der Waals surface area contributed by atoms with Gasteiger partial charge in [0, 0.05) is 31.3 Å². The molecule has 0 heterocycles. The Morgan fingerprint density at radius 1 is 0.667 bits per heavy atom. The van der Waals surface area contributed by atoms with Crippen LogP contribution in [0.5, 0.6) is 0 Å². The Kier molecular flexibility index (Phi) is 19.3. The summed E-state index contributed by atoms with van der Waals surface area (Å²) in [5, 5.41) is 2.91. The maximum Gasteiger partial charge on any atom is 0.224 e. The van der Waals surface area contributed by atoms with Crippen LogP contribution in [-0.4, -0.2) is 71.2 Å². The summed E-state index contributed by atoms with van der Waals surface area (Å²) in [6.45, 7) is 14.1. The normalized spacial score (nSPS) is 11.9. The molecule has 0 atom stereocenters. The molecule has 1 N–H and O–H groups in total. The number of nitrogens with one attached hydrogen (secondary N) is 1. The molecule has 0 radical (unpaired) electrons. The maximum atomic E-state index is 12.3. The Morgan fingerprint density at radius 2 is 1.23 bits per heavy atom. The minimum Gasteiger partial charge on any atom is -0.379 e. The van der Waals surface area contributed by atoms with Crippen LogP contribution >= 0.6 is 21.6 Å². The van der Waals surface area contributed by atoms with Gasteiger partial charge in [-0.3, -0.25) is 4.79 Å². The zero-order valence-corrected chi connectivity index (χ0v) is 30.9. The molecule has 0 fully saturated rings. The molecule has 0 aliphatic rings. The predicted molar refractivity (Wildman–Crippen MR) is 198 cm³/mol. The van der Waals surface area contributed by atoms with Crippen molar-refractivity contribution in [2.45, 2.75) is 63.9 Å². The first-order valence-corrected chi connectivity index (χ1v) is 19.4. The highest BCUT2D eigenvalue weighted by molar-refractivity contribution is 8.76. The van der Waals surface area contributed by atoms with Crippen LogP contribution in [0.4, 0.5) is 0 Å². The Bertz CT molecular complexity index is 1220. The molecule has 7 nitrogen and oxygen atoms in total. The molecule has 0 spiro atoms. The molecular formula is C39H55NO6S2. The van der Waals surface area contributed by atoms with Crippen molar-refractivity contribution >= 4 is 27.5 Å². The van der Waals surface area contributed by atoms with Crippen molar-refractivity contribution in [2.75, 3.05) is 65.3 Å². The summed E-state index contributed by atoms with van der Waals surface area (Å²) < 4.78 is 29.0. The van der Waals surface area contributed by atoms with Crippen molar-refractivity contribution in [1.29, 1.82) is 0 Å². The number of hydrogen-bond donors (Lipinski definition) is 1. The van der Waals surface area contributed by atoms with E-state index in [1.54, 1.807) is 21.6 Å². The second-order valence-corrected chi connectivity index (χ2v) is 14.8. The second kappa shape index (κ2) is 23.1. The third-order valence-corrected chi connectivity index (χ3v) is 9.72. The fraction of sp³-hybridized carbons (Fsp3) is 0.513. The van der Waals surface area contributed by atoms with Crippen LogP contribution in [0.3, 0.4) is 0 Å². The van der Waals surface area contributed by atoms with E-state index in [1.165, 1.54) is 11.1 Å². The molecule has 264 valence electrons. The molecule has 0 aromatic heterocycles. The maximum absolute atomic E-state index is 12.3. The van der Waals surface area contributed by atoms with Crippen LogP contribution in [0.25, 0.3) is 0 Å². The zero-order chi connectivity index (χ0) is 34.3. The smallest absolute Gasteiger partial charge is 0.224 e. The Labute approximate surface area is 296 Å². The van der Waals surface area contributed by atoms with Crippen LogP contribution in [0, 0.1) is 5.41 Å². The molecule has 0 unspecified atom stereocenters. The molecule has 0 aliphatic heterocycles. The van der Waals surface area contributed by atoms with Crippen LogP contribution in [0.2, 0.25) is 0 Å². The van der Waals surface area contributed by atoms with Gasteiger partial charge >= 0.3 is 0 Å². The largest absolute Gasteiger partial charge is 0.379 e. The molecule has 3 aromatic carbocycles. The summed E-state index contributed by atoms with van der Waals surface area (Å²) in [6.07, 6.45) is 3.21. The van der Waals surface area contributed by atoms with E-state index in [9.17, 15) is 4.79 Å². The van der Waals surface area contributed by atoms with E-state index in [4.69, 9.17) is 23.7 Å². The first-order valence-electron chi connectivity index (χ1n) is 17.1. The second-order valence-electron chi connectivity index (χ2n) is 12.5. The zero-order valence-electron chi connectivity index (χ0n) is 29.2. The topological polar surface area (TPSA) is 75.2 Å². The molecule has 0 aliphatic carbocycles. The first kappa shape index (κ1) is 40.1. The van der Waals surface area contributed by atoms with Gasteiger partial charge in [0.2, 0.25) is 5.91 Å². The Morgan fingerprint density at radius 3 is 1.81 bits per heavy atom. The van der Waals surface area contributed by atoms with E-state index in [1.807, 2.05) is 12.1 Å². The van der Waals surface area contributed by atoms with Gasteiger partial charge in [0.05, 0.1) is 39.5 Å². The fourth-order valence-electron chi connectivity index (χ4n) is 5.34. The Balaban J connectivity index is 1.26. The lowest BCUT2D eigenvalue weighted by Gasteiger charge is -2.45. The number of hydrogen-bond acceptors (Lipinski definition) is 8. The van der Waals surface area contributed by atoms with Crippen molar-refractivity contribution in [2.24, 2.45) is 5.41 Å². The summed E-state index contributed by atoms with van der Waals surface area (Å²) in [5.41, 5.74) is 2.63. The highest BCUT2D eigenvalue weighted by atomic mass is 33.1. The van der Waals surface area contributed by atoms with Crippen LogP contribution < -0.4 is 5.32 Å². The molecule has 3 aromatic rings. The lowest BCUT2D eigenvalue weighted by Crippen LogP contribution is -2.44. The van der Waals surface area contributed by atoms with Gasteiger partial charge in [-0.1, -0.05) is 122 Å². The summed E-state index contributed by atoms with van der Waals surface area (Å²) in [7, 11) is 3.35.